The molecule has 4 nitrogen and oxygen atoms in total. The van der Waals surface area contributed by atoms with E-state index in [4.69, 9.17) is 14.2 Å². The first kappa shape index (κ1) is 23.6. The molecule has 0 N–H and O–H groups in total. The van der Waals surface area contributed by atoms with Crippen LogP contribution in [0, 0.1) is 23.6 Å². The summed E-state index contributed by atoms with van der Waals surface area (Å²) < 4.78 is 30.8. The van der Waals surface area contributed by atoms with E-state index in [-0.39, 0.29) is 29.5 Å². The highest BCUT2D eigenvalue weighted by Gasteiger charge is 2.39. The quantitative estimate of drug-likeness (QED) is 0.406. The zero-order valence-electron chi connectivity index (χ0n) is 19.9. The van der Waals surface area contributed by atoms with Crippen LogP contribution in [0.2, 0.25) is 0 Å². The molecular weight excluding hydrogens is 419 g/mol. The van der Waals surface area contributed by atoms with Gasteiger partial charge in [-0.05, 0) is 104 Å². The van der Waals surface area contributed by atoms with Gasteiger partial charge in [0.05, 0.1) is 26.7 Å². The fourth-order valence-electron chi connectivity index (χ4n) is 5.38. The summed E-state index contributed by atoms with van der Waals surface area (Å²) in [6.45, 7) is 2.63. The predicted octanol–water partition coefficient (Wildman–Crippen LogP) is 6.49. The van der Waals surface area contributed by atoms with Gasteiger partial charge in [-0.25, -0.2) is 4.39 Å². The van der Waals surface area contributed by atoms with E-state index in [9.17, 15) is 9.18 Å². The number of carbonyl (C=O) groups excluding carboxylic acids is 1. The van der Waals surface area contributed by atoms with Gasteiger partial charge < -0.3 is 14.2 Å². The standard InChI is InChI=1S/C28H35FO4/c1-18(28(30)32-3)27(21-11-12-21)22-5-4-6-24(15-22)33-17-19-7-9-20(10-8-19)25-16-23(31-2)13-14-26(25)29/h4-6,13-16,18-21,27H,7-12,17H2,1-3H3/t18?,19-,20-,27?. The van der Waals surface area contributed by atoms with Crippen molar-refractivity contribution in [3.8, 4) is 11.5 Å². The number of ether oxygens (including phenoxy) is 3. The summed E-state index contributed by atoms with van der Waals surface area (Å²) >= 11 is 0. The maximum atomic E-state index is 14.3. The Morgan fingerprint density at radius 3 is 2.42 bits per heavy atom. The monoisotopic (exact) mass is 454 g/mol. The van der Waals surface area contributed by atoms with Gasteiger partial charge in [0.15, 0.2) is 0 Å². The minimum atomic E-state index is -0.162. The Balaban J connectivity index is 1.34. The van der Waals surface area contributed by atoms with Crippen LogP contribution in [0.3, 0.4) is 0 Å². The molecule has 0 amide bonds. The summed E-state index contributed by atoms with van der Waals surface area (Å²) in [4.78, 5) is 12.2. The van der Waals surface area contributed by atoms with E-state index in [1.54, 1.807) is 13.2 Å². The van der Waals surface area contributed by atoms with Crippen molar-refractivity contribution in [2.75, 3.05) is 20.8 Å². The number of rotatable bonds is 9. The molecule has 0 radical (unpaired) electrons. The number of hydrogen-bond acceptors (Lipinski definition) is 4. The Bertz CT molecular complexity index is 947. The first-order valence-electron chi connectivity index (χ1n) is 12.1. The van der Waals surface area contributed by atoms with Crippen molar-refractivity contribution < 1.29 is 23.4 Å². The molecule has 0 spiro atoms. The molecule has 0 heterocycles. The highest BCUT2D eigenvalue weighted by Crippen LogP contribution is 2.47. The van der Waals surface area contributed by atoms with Gasteiger partial charge in [0.25, 0.3) is 0 Å². The largest absolute Gasteiger partial charge is 0.497 e. The third kappa shape index (κ3) is 5.69. The lowest BCUT2D eigenvalue weighted by atomic mass is 9.79. The van der Waals surface area contributed by atoms with Crippen LogP contribution in [0.15, 0.2) is 42.5 Å². The van der Waals surface area contributed by atoms with Crippen molar-refractivity contribution in [2.24, 2.45) is 17.8 Å². The van der Waals surface area contributed by atoms with Gasteiger partial charge >= 0.3 is 5.97 Å². The number of methoxy groups -OCH3 is 2. The Labute approximate surface area is 196 Å². The minimum Gasteiger partial charge on any atom is -0.497 e. The first-order chi connectivity index (χ1) is 16.0. The number of hydrogen-bond donors (Lipinski definition) is 0. The highest BCUT2D eigenvalue weighted by molar-refractivity contribution is 5.73. The molecule has 0 aliphatic heterocycles. The third-order valence-electron chi connectivity index (χ3n) is 7.46. The first-order valence-corrected chi connectivity index (χ1v) is 12.1. The van der Waals surface area contributed by atoms with Crippen molar-refractivity contribution in [1.82, 2.24) is 0 Å². The molecule has 178 valence electrons. The topological polar surface area (TPSA) is 44.8 Å². The Hall–Kier alpha value is -2.56. The molecule has 2 unspecified atom stereocenters. The molecule has 0 aromatic heterocycles. The molecule has 2 atom stereocenters. The minimum absolute atomic E-state index is 0.140. The van der Waals surface area contributed by atoms with Crippen LogP contribution >= 0.6 is 0 Å². The molecule has 0 bridgehead atoms. The normalized spacial score (nSPS) is 22.3. The molecule has 4 rings (SSSR count). The van der Waals surface area contributed by atoms with Gasteiger partial charge in [0.2, 0.25) is 0 Å². The van der Waals surface area contributed by atoms with Crippen molar-refractivity contribution in [3.05, 3.63) is 59.4 Å². The average Bonchev–Trinajstić information content (AvgIpc) is 3.68. The van der Waals surface area contributed by atoms with E-state index < -0.39 is 0 Å². The lowest BCUT2D eigenvalue weighted by Crippen LogP contribution is -2.22. The number of esters is 1. The van der Waals surface area contributed by atoms with E-state index in [1.807, 2.05) is 25.1 Å². The number of carbonyl (C=O) groups is 1. The van der Waals surface area contributed by atoms with E-state index >= 15 is 0 Å². The summed E-state index contributed by atoms with van der Waals surface area (Å²) in [5, 5.41) is 0. The van der Waals surface area contributed by atoms with Gasteiger partial charge in [-0.15, -0.1) is 0 Å². The van der Waals surface area contributed by atoms with Crippen LogP contribution in [-0.4, -0.2) is 26.8 Å². The molecule has 2 aromatic carbocycles. The summed E-state index contributed by atoms with van der Waals surface area (Å²) in [5.74, 6) is 2.53. The fraction of sp³-hybridized carbons (Fsp3) is 0.536. The van der Waals surface area contributed by atoms with Crippen LogP contribution in [0.1, 0.15) is 68.4 Å². The lowest BCUT2D eigenvalue weighted by molar-refractivity contribution is -0.145. The van der Waals surface area contributed by atoms with E-state index in [2.05, 4.69) is 12.1 Å². The highest BCUT2D eigenvalue weighted by atomic mass is 19.1. The Morgan fingerprint density at radius 2 is 1.76 bits per heavy atom. The summed E-state index contributed by atoms with van der Waals surface area (Å²) in [6.07, 6.45) is 6.27. The van der Waals surface area contributed by atoms with Gasteiger partial charge in [-0.1, -0.05) is 19.1 Å². The number of benzene rings is 2. The van der Waals surface area contributed by atoms with Crippen molar-refractivity contribution in [2.45, 2.75) is 57.3 Å². The predicted molar refractivity (Wildman–Crippen MR) is 126 cm³/mol. The smallest absolute Gasteiger partial charge is 0.309 e. The van der Waals surface area contributed by atoms with E-state index in [0.717, 1.165) is 55.4 Å². The molecule has 2 fully saturated rings. The molecule has 33 heavy (non-hydrogen) atoms. The second-order valence-electron chi connectivity index (χ2n) is 9.66. The molecular formula is C28H35FO4. The van der Waals surface area contributed by atoms with Crippen LogP contribution in [0.5, 0.6) is 11.5 Å². The summed E-state index contributed by atoms with van der Waals surface area (Å²) in [7, 11) is 3.07. The molecule has 2 saturated carbocycles. The molecule has 0 saturated heterocycles. The van der Waals surface area contributed by atoms with Crippen LogP contribution in [0.4, 0.5) is 4.39 Å². The second kappa shape index (κ2) is 10.6. The van der Waals surface area contributed by atoms with Crippen LogP contribution < -0.4 is 9.47 Å². The Morgan fingerprint density at radius 1 is 1.00 bits per heavy atom. The summed E-state index contributed by atoms with van der Waals surface area (Å²) in [6, 6.07) is 13.2. The zero-order valence-corrected chi connectivity index (χ0v) is 19.9. The van der Waals surface area contributed by atoms with Crippen LogP contribution in [-0.2, 0) is 9.53 Å². The van der Waals surface area contributed by atoms with Crippen molar-refractivity contribution in [3.63, 3.8) is 0 Å². The zero-order chi connectivity index (χ0) is 23.4. The lowest BCUT2D eigenvalue weighted by Gasteiger charge is -2.29. The molecule has 5 heteroatoms. The van der Waals surface area contributed by atoms with Gasteiger partial charge in [-0.2, -0.15) is 0 Å². The average molecular weight is 455 g/mol. The maximum Gasteiger partial charge on any atom is 0.309 e. The maximum absolute atomic E-state index is 14.3. The van der Waals surface area contributed by atoms with E-state index in [0.29, 0.717) is 24.2 Å². The van der Waals surface area contributed by atoms with Crippen molar-refractivity contribution >= 4 is 5.97 Å². The third-order valence-corrected chi connectivity index (χ3v) is 7.46. The van der Waals surface area contributed by atoms with Crippen molar-refractivity contribution in [1.29, 1.82) is 0 Å². The summed E-state index contributed by atoms with van der Waals surface area (Å²) in [5.41, 5.74) is 1.93. The van der Waals surface area contributed by atoms with Gasteiger partial charge in [-0.3, -0.25) is 4.79 Å². The fourth-order valence-corrected chi connectivity index (χ4v) is 5.38. The SMILES string of the molecule is COC(=O)C(C)C(c1cccc(OC[C@H]2CC[C@H](c3cc(OC)ccc3F)CC2)c1)C1CC1. The molecule has 2 aliphatic carbocycles. The van der Waals surface area contributed by atoms with Crippen LogP contribution in [0.25, 0.3) is 0 Å². The molecule has 2 aliphatic rings. The van der Waals surface area contributed by atoms with Gasteiger partial charge in [0.1, 0.15) is 17.3 Å². The number of halogens is 1. The Kier molecular flexibility index (Phi) is 7.56. The van der Waals surface area contributed by atoms with E-state index in [1.165, 1.54) is 13.2 Å². The van der Waals surface area contributed by atoms with Gasteiger partial charge in [0, 0.05) is 0 Å². The second-order valence-corrected chi connectivity index (χ2v) is 9.66. The molecule has 2 aromatic rings.